The zero-order valence-electron chi connectivity index (χ0n) is 21.4. The van der Waals surface area contributed by atoms with E-state index in [-0.39, 0.29) is 24.9 Å². The lowest BCUT2D eigenvalue weighted by Gasteiger charge is -2.34. The van der Waals surface area contributed by atoms with Gasteiger partial charge in [-0.2, -0.15) is 0 Å². The Bertz CT molecular complexity index is 1350. The van der Waals surface area contributed by atoms with Crippen molar-refractivity contribution in [2.45, 2.75) is 51.7 Å². The van der Waals surface area contributed by atoms with Gasteiger partial charge in [0.1, 0.15) is 23.9 Å². The number of hydrogen-bond donors (Lipinski definition) is 1. The molecule has 0 bridgehead atoms. The highest BCUT2D eigenvalue weighted by atomic mass is 19.1. The summed E-state index contributed by atoms with van der Waals surface area (Å²) >= 11 is 0. The van der Waals surface area contributed by atoms with Crippen LogP contribution in [0.1, 0.15) is 44.4 Å². The second-order valence-corrected chi connectivity index (χ2v) is 9.74. The van der Waals surface area contributed by atoms with Crippen LogP contribution < -0.4 is 5.32 Å². The van der Waals surface area contributed by atoms with Crippen LogP contribution in [0.5, 0.6) is 0 Å². The van der Waals surface area contributed by atoms with Crippen molar-refractivity contribution in [3.63, 3.8) is 0 Å². The van der Waals surface area contributed by atoms with E-state index in [4.69, 9.17) is 0 Å². The van der Waals surface area contributed by atoms with E-state index in [2.05, 4.69) is 15.6 Å². The van der Waals surface area contributed by atoms with E-state index in [0.29, 0.717) is 23.9 Å². The summed E-state index contributed by atoms with van der Waals surface area (Å²) in [5.74, 6) is -1.01. The number of carbonyl (C=O) groups excluding carboxylic acids is 2. The minimum absolute atomic E-state index is 0.0859. The summed E-state index contributed by atoms with van der Waals surface area (Å²) in [5.41, 5.74) is 2.51. The van der Waals surface area contributed by atoms with E-state index in [1.165, 1.54) is 12.1 Å². The van der Waals surface area contributed by atoms with Gasteiger partial charge in [0.05, 0.1) is 5.52 Å². The first-order valence-corrected chi connectivity index (χ1v) is 12.5. The second-order valence-electron chi connectivity index (χ2n) is 9.74. The Hall–Kier alpha value is -4.07. The first kappa shape index (κ1) is 26.0. The smallest absolute Gasteiger partial charge is 0.247 e. The molecule has 7 nitrogen and oxygen atoms in total. The maximum Gasteiger partial charge on any atom is 0.247 e. The van der Waals surface area contributed by atoms with Crippen molar-refractivity contribution in [3.05, 3.63) is 95.8 Å². The van der Waals surface area contributed by atoms with Gasteiger partial charge >= 0.3 is 0 Å². The Morgan fingerprint density at radius 3 is 2.38 bits per heavy atom. The fourth-order valence-electron chi connectivity index (χ4n) is 4.15. The van der Waals surface area contributed by atoms with Gasteiger partial charge in [-0.1, -0.05) is 66.7 Å². The molecular weight excluding hydrogens is 469 g/mol. The molecular formula is C29H32FN5O2. The molecule has 0 unspecified atom stereocenters. The van der Waals surface area contributed by atoms with Crippen LogP contribution in [-0.4, -0.2) is 43.8 Å². The maximum atomic E-state index is 13.9. The monoisotopic (exact) mass is 501 g/mol. The van der Waals surface area contributed by atoms with E-state index in [1.807, 2.05) is 75.4 Å². The number of fused-ring (bicyclic) bond motifs is 1. The standard InChI is InChI=1S/C29H32FN5O2/c1-4-29(2,3)31-28(37)27(22-14-16-23(30)17-15-22)34(19-18-21-10-6-5-7-11-21)26(36)20-35-25-13-9-8-12-24(25)32-33-35/h5-17,27H,4,18-20H2,1-3H3,(H,31,37)/t27-/m0/s1. The molecule has 0 aliphatic heterocycles. The summed E-state index contributed by atoms with van der Waals surface area (Å²) in [4.78, 5) is 29.2. The van der Waals surface area contributed by atoms with Crippen LogP contribution >= 0.6 is 0 Å². The molecule has 0 radical (unpaired) electrons. The van der Waals surface area contributed by atoms with Gasteiger partial charge in [0.2, 0.25) is 11.8 Å². The van der Waals surface area contributed by atoms with Crippen molar-refractivity contribution in [3.8, 4) is 0 Å². The Morgan fingerprint density at radius 2 is 1.68 bits per heavy atom. The SMILES string of the molecule is CCC(C)(C)NC(=O)[C@H](c1ccc(F)cc1)N(CCc1ccccc1)C(=O)Cn1nnc2ccccc21. The van der Waals surface area contributed by atoms with E-state index in [0.717, 1.165) is 11.1 Å². The number of nitrogens with zero attached hydrogens (tertiary/aromatic N) is 4. The zero-order valence-corrected chi connectivity index (χ0v) is 21.4. The van der Waals surface area contributed by atoms with E-state index in [9.17, 15) is 14.0 Å². The molecule has 0 fully saturated rings. The zero-order chi connectivity index (χ0) is 26.4. The van der Waals surface area contributed by atoms with Gasteiger partial charge in [0, 0.05) is 12.1 Å². The highest BCUT2D eigenvalue weighted by molar-refractivity contribution is 5.89. The fourth-order valence-corrected chi connectivity index (χ4v) is 4.15. The van der Waals surface area contributed by atoms with Crippen molar-refractivity contribution in [2.24, 2.45) is 0 Å². The molecule has 2 amide bonds. The topological polar surface area (TPSA) is 80.1 Å². The molecule has 37 heavy (non-hydrogen) atoms. The van der Waals surface area contributed by atoms with Crippen molar-refractivity contribution in [1.82, 2.24) is 25.2 Å². The molecule has 1 atom stereocenters. The van der Waals surface area contributed by atoms with Crippen molar-refractivity contribution in [2.75, 3.05) is 6.54 Å². The lowest BCUT2D eigenvalue weighted by atomic mass is 9.98. The largest absolute Gasteiger partial charge is 0.349 e. The third kappa shape index (κ3) is 6.39. The van der Waals surface area contributed by atoms with Gasteiger partial charge in [-0.15, -0.1) is 5.10 Å². The van der Waals surface area contributed by atoms with Crippen LogP contribution in [0.4, 0.5) is 4.39 Å². The molecule has 1 aromatic heterocycles. The molecule has 0 aliphatic rings. The molecule has 4 rings (SSSR count). The third-order valence-electron chi connectivity index (χ3n) is 6.60. The third-order valence-corrected chi connectivity index (χ3v) is 6.60. The summed E-state index contributed by atoms with van der Waals surface area (Å²) < 4.78 is 15.4. The summed E-state index contributed by atoms with van der Waals surface area (Å²) in [5, 5.41) is 11.4. The molecule has 0 spiro atoms. The van der Waals surface area contributed by atoms with Crippen LogP contribution in [0, 0.1) is 5.82 Å². The number of rotatable bonds is 10. The van der Waals surface area contributed by atoms with Crippen molar-refractivity contribution < 1.29 is 14.0 Å². The van der Waals surface area contributed by atoms with E-state index in [1.54, 1.807) is 21.7 Å². The van der Waals surface area contributed by atoms with Gasteiger partial charge in [0.25, 0.3) is 0 Å². The number of hydrogen-bond acceptors (Lipinski definition) is 4. The minimum atomic E-state index is -0.947. The predicted molar refractivity (Wildman–Crippen MR) is 141 cm³/mol. The quantitative estimate of drug-likeness (QED) is 0.342. The molecule has 3 aromatic carbocycles. The van der Waals surface area contributed by atoms with Gasteiger partial charge in [-0.05, 0) is 62.1 Å². The Morgan fingerprint density at radius 1 is 1.00 bits per heavy atom. The summed E-state index contributed by atoms with van der Waals surface area (Å²) in [6, 6.07) is 22.0. The Kier molecular flexibility index (Phi) is 7.96. The van der Waals surface area contributed by atoms with Gasteiger partial charge in [-0.25, -0.2) is 9.07 Å². The van der Waals surface area contributed by atoms with Crippen LogP contribution in [0.2, 0.25) is 0 Å². The summed E-state index contributed by atoms with van der Waals surface area (Å²) in [6.07, 6.45) is 1.25. The summed E-state index contributed by atoms with van der Waals surface area (Å²) in [6.45, 7) is 6.06. The predicted octanol–water partition coefficient (Wildman–Crippen LogP) is 4.69. The molecule has 0 aliphatic carbocycles. The van der Waals surface area contributed by atoms with Crippen molar-refractivity contribution >= 4 is 22.8 Å². The van der Waals surface area contributed by atoms with Gasteiger partial charge in [0.15, 0.2) is 0 Å². The lowest BCUT2D eigenvalue weighted by Crippen LogP contribution is -2.51. The van der Waals surface area contributed by atoms with Crippen LogP contribution in [-0.2, 0) is 22.6 Å². The Balaban J connectivity index is 1.71. The molecule has 192 valence electrons. The average molecular weight is 502 g/mol. The molecule has 1 heterocycles. The number of para-hydroxylation sites is 1. The second kappa shape index (κ2) is 11.3. The fraction of sp³-hybridized carbons (Fsp3) is 0.310. The van der Waals surface area contributed by atoms with Crippen molar-refractivity contribution in [1.29, 1.82) is 0 Å². The van der Waals surface area contributed by atoms with Gasteiger partial charge in [-0.3, -0.25) is 9.59 Å². The normalized spacial score (nSPS) is 12.3. The first-order chi connectivity index (χ1) is 17.8. The number of benzene rings is 3. The molecule has 1 N–H and O–H groups in total. The summed E-state index contributed by atoms with van der Waals surface area (Å²) in [7, 11) is 0. The number of nitrogens with one attached hydrogen (secondary N) is 1. The van der Waals surface area contributed by atoms with Crippen LogP contribution in [0.3, 0.4) is 0 Å². The van der Waals surface area contributed by atoms with Gasteiger partial charge < -0.3 is 10.2 Å². The number of halogens is 1. The Labute approximate surface area is 216 Å². The molecule has 8 heteroatoms. The van der Waals surface area contributed by atoms with Crippen LogP contribution in [0.25, 0.3) is 11.0 Å². The highest BCUT2D eigenvalue weighted by Gasteiger charge is 2.34. The maximum absolute atomic E-state index is 13.9. The highest BCUT2D eigenvalue weighted by Crippen LogP contribution is 2.25. The minimum Gasteiger partial charge on any atom is -0.349 e. The lowest BCUT2D eigenvalue weighted by molar-refractivity contribution is -0.142. The number of carbonyl (C=O) groups is 2. The van der Waals surface area contributed by atoms with E-state index >= 15 is 0 Å². The van der Waals surface area contributed by atoms with E-state index < -0.39 is 17.4 Å². The molecule has 4 aromatic rings. The average Bonchev–Trinajstić information content (AvgIpc) is 3.30. The number of amides is 2. The molecule has 0 saturated heterocycles. The first-order valence-electron chi connectivity index (χ1n) is 12.5. The molecule has 0 saturated carbocycles. The van der Waals surface area contributed by atoms with Crippen LogP contribution in [0.15, 0.2) is 78.9 Å². The number of aromatic nitrogens is 3.